The number of hydrogen-bond donors (Lipinski definition) is 1. The van der Waals surface area contributed by atoms with Gasteiger partial charge >= 0.3 is 0 Å². The van der Waals surface area contributed by atoms with E-state index in [0.29, 0.717) is 5.92 Å². The molecule has 2 aliphatic carbocycles. The Balaban J connectivity index is 1.65. The molecule has 2 nitrogen and oxygen atoms in total. The Morgan fingerprint density at radius 1 is 0.941 bits per heavy atom. The highest BCUT2D eigenvalue weighted by Gasteiger charge is 2.45. The molecule has 98 valence electrons. The fourth-order valence-electron chi connectivity index (χ4n) is 4.22. The van der Waals surface area contributed by atoms with Gasteiger partial charge in [0, 0.05) is 6.61 Å². The second-order valence-electron chi connectivity index (χ2n) is 6.51. The molecule has 1 aliphatic heterocycles. The van der Waals surface area contributed by atoms with Crippen LogP contribution in [-0.4, -0.2) is 23.4 Å². The van der Waals surface area contributed by atoms with Crippen LogP contribution in [0.3, 0.4) is 0 Å². The van der Waals surface area contributed by atoms with Crippen molar-refractivity contribution in [2.45, 2.75) is 75.9 Å². The average Bonchev–Trinajstić information content (AvgIpc) is 2.52. The third-order valence-electron chi connectivity index (χ3n) is 5.43. The molecule has 2 saturated carbocycles. The molecule has 1 N–H and O–H groups in total. The van der Waals surface area contributed by atoms with E-state index >= 15 is 0 Å². The summed E-state index contributed by atoms with van der Waals surface area (Å²) in [5.41, 5.74) is 0.245. The van der Waals surface area contributed by atoms with Crippen molar-refractivity contribution in [3.63, 3.8) is 0 Å². The molecular formula is C15H26O2. The zero-order valence-electron chi connectivity index (χ0n) is 10.9. The normalized spacial score (nSPS) is 41.8. The topological polar surface area (TPSA) is 29.5 Å². The Morgan fingerprint density at radius 3 is 2.53 bits per heavy atom. The molecule has 1 saturated heterocycles. The number of aliphatic hydroxyl groups is 1. The minimum atomic E-state index is -0.0299. The maximum absolute atomic E-state index is 10.3. The van der Waals surface area contributed by atoms with Crippen molar-refractivity contribution in [1.29, 1.82) is 0 Å². The molecule has 3 fully saturated rings. The van der Waals surface area contributed by atoms with Crippen molar-refractivity contribution < 1.29 is 9.84 Å². The van der Waals surface area contributed by atoms with Crippen LogP contribution in [0.15, 0.2) is 0 Å². The summed E-state index contributed by atoms with van der Waals surface area (Å²) in [5.74, 6) is 1.30. The maximum Gasteiger partial charge on any atom is 0.0685 e. The van der Waals surface area contributed by atoms with Gasteiger partial charge in [0.25, 0.3) is 0 Å². The quantitative estimate of drug-likeness (QED) is 0.710. The van der Waals surface area contributed by atoms with E-state index in [0.717, 1.165) is 18.9 Å². The van der Waals surface area contributed by atoms with E-state index in [1.807, 2.05) is 0 Å². The fourth-order valence-corrected chi connectivity index (χ4v) is 4.22. The van der Waals surface area contributed by atoms with Crippen molar-refractivity contribution in [3.8, 4) is 0 Å². The van der Waals surface area contributed by atoms with Gasteiger partial charge in [0.15, 0.2) is 0 Å². The van der Waals surface area contributed by atoms with Crippen LogP contribution in [-0.2, 0) is 4.74 Å². The predicted octanol–water partition coefficient (Wildman–Crippen LogP) is 3.28. The monoisotopic (exact) mass is 238 g/mol. The van der Waals surface area contributed by atoms with Crippen molar-refractivity contribution in [2.75, 3.05) is 6.61 Å². The molecule has 17 heavy (non-hydrogen) atoms. The first-order valence-corrected chi connectivity index (χ1v) is 7.61. The fraction of sp³-hybridized carbons (Fsp3) is 1.00. The third kappa shape index (κ3) is 2.39. The molecule has 0 aromatic rings. The molecule has 3 unspecified atom stereocenters. The zero-order chi connectivity index (χ0) is 11.7. The van der Waals surface area contributed by atoms with Crippen molar-refractivity contribution >= 4 is 0 Å². The molecule has 1 heterocycles. The largest absolute Gasteiger partial charge is 0.393 e. The highest BCUT2D eigenvalue weighted by Crippen LogP contribution is 2.47. The van der Waals surface area contributed by atoms with Crippen LogP contribution in [0.5, 0.6) is 0 Å². The van der Waals surface area contributed by atoms with Gasteiger partial charge in [-0.1, -0.05) is 19.3 Å². The number of ether oxygens (including phenoxy) is 1. The SMILES string of the molecule is OC1CCCCCC1C1CCOC2(CCC2)C1. The lowest BCUT2D eigenvalue weighted by Gasteiger charge is -2.49. The van der Waals surface area contributed by atoms with E-state index in [1.165, 1.54) is 57.8 Å². The van der Waals surface area contributed by atoms with Crippen LogP contribution >= 0.6 is 0 Å². The minimum Gasteiger partial charge on any atom is -0.393 e. The van der Waals surface area contributed by atoms with E-state index in [1.54, 1.807) is 0 Å². The lowest BCUT2D eigenvalue weighted by Crippen LogP contribution is -2.48. The lowest BCUT2D eigenvalue weighted by molar-refractivity contribution is -0.156. The van der Waals surface area contributed by atoms with Gasteiger partial charge in [-0.3, -0.25) is 0 Å². The maximum atomic E-state index is 10.3. The van der Waals surface area contributed by atoms with E-state index in [2.05, 4.69) is 0 Å². The van der Waals surface area contributed by atoms with Crippen LogP contribution in [0.1, 0.15) is 64.2 Å². The van der Waals surface area contributed by atoms with Gasteiger partial charge in [0.1, 0.15) is 0 Å². The average molecular weight is 238 g/mol. The standard InChI is InChI=1S/C15H26O2/c16-14-6-3-1-2-5-13(14)12-7-10-17-15(11-12)8-4-9-15/h12-14,16H,1-11H2. The lowest BCUT2D eigenvalue weighted by atomic mass is 9.67. The Hall–Kier alpha value is -0.0800. The molecule has 3 aliphatic rings. The van der Waals surface area contributed by atoms with E-state index in [4.69, 9.17) is 4.74 Å². The van der Waals surface area contributed by atoms with E-state index < -0.39 is 0 Å². The van der Waals surface area contributed by atoms with Gasteiger partial charge < -0.3 is 9.84 Å². The Morgan fingerprint density at radius 2 is 1.76 bits per heavy atom. The highest BCUT2D eigenvalue weighted by molar-refractivity contribution is 4.96. The van der Waals surface area contributed by atoms with Gasteiger partial charge in [-0.2, -0.15) is 0 Å². The first kappa shape index (κ1) is 12.0. The van der Waals surface area contributed by atoms with E-state index in [9.17, 15) is 5.11 Å². The van der Waals surface area contributed by atoms with Crippen LogP contribution in [0.25, 0.3) is 0 Å². The molecule has 0 amide bonds. The Bertz CT molecular complexity index is 260. The van der Waals surface area contributed by atoms with Crippen LogP contribution in [0.4, 0.5) is 0 Å². The first-order chi connectivity index (χ1) is 8.29. The van der Waals surface area contributed by atoms with Crippen LogP contribution in [0.2, 0.25) is 0 Å². The first-order valence-electron chi connectivity index (χ1n) is 7.61. The summed E-state index contributed by atoms with van der Waals surface area (Å²) in [6.07, 6.45) is 12.4. The second-order valence-corrected chi connectivity index (χ2v) is 6.51. The van der Waals surface area contributed by atoms with Gasteiger partial charge in [0.2, 0.25) is 0 Å². The van der Waals surface area contributed by atoms with Crippen molar-refractivity contribution in [3.05, 3.63) is 0 Å². The third-order valence-corrected chi connectivity index (χ3v) is 5.43. The predicted molar refractivity (Wildman–Crippen MR) is 67.8 cm³/mol. The van der Waals surface area contributed by atoms with Crippen molar-refractivity contribution in [1.82, 2.24) is 0 Å². The number of rotatable bonds is 1. The van der Waals surface area contributed by atoms with Crippen LogP contribution < -0.4 is 0 Å². The molecule has 0 aromatic heterocycles. The Labute approximate surface area is 105 Å². The summed E-state index contributed by atoms with van der Waals surface area (Å²) < 4.78 is 6.01. The molecule has 1 spiro atoms. The van der Waals surface area contributed by atoms with Crippen molar-refractivity contribution in [2.24, 2.45) is 11.8 Å². The molecule has 3 rings (SSSR count). The second kappa shape index (κ2) is 4.89. The molecule has 0 aromatic carbocycles. The minimum absolute atomic E-state index is 0.0299. The molecule has 0 bridgehead atoms. The number of aliphatic hydroxyl groups excluding tert-OH is 1. The van der Waals surface area contributed by atoms with Gasteiger partial charge in [-0.15, -0.1) is 0 Å². The highest BCUT2D eigenvalue weighted by atomic mass is 16.5. The van der Waals surface area contributed by atoms with Crippen LogP contribution in [0, 0.1) is 11.8 Å². The number of hydrogen-bond acceptors (Lipinski definition) is 2. The molecule has 2 heteroatoms. The summed E-state index contributed by atoms with van der Waals surface area (Å²) in [6, 6.07) is 0. The molecule has 3 atom stereocenters. The molecule has 0 radical (unpaired) electrons. The summed E-state index contributed by atoms with van der Waals surface area (Å²) >= 11 is 0. The zero-order valence-corrected chi connectivity index (χ0v) is 10.9. The summed E-state index contributed by atoms with van der Waals surface area (Å²) in [5, 5.41) is 10.3. The van der Waals surface area contributed by atoms with Gasteiger partial charge in [-0.25, -0.2) is 0 Å². The summed E-state index contributed by atoms with van der Waals surface area (Å²) in [7, 11) is 0. The smallest absolute Gasteiger partial charge is 0.0685 e. The molecular weight excluding hydrogens is 212 g/mol. The summed E-state index contributed by atoms with van der Waals surface area (Å²) in [4.78, 5) is 0. The van der Waals surface area contributed by atoms with E-state index in [-0.39, 0.29) is 11.7 Å². The summed E-state index contributed by atoms with van der Waals surface area (Å²) in [6.45, 7) is 0.938. The van der Waals surface area contributed by atoms with Gasteiger partial charge in [-0.05, 0) is 56.8 Å². The Kier molecular flexibility index (Phi) is 3.45. The van der Waals surface area contributed by atoms with Gasteiger partial charge in [0.05, 0.1) is 11.7 Å².